The Morgan fingerprint density at radius 2 is 1.86 bits per heavy atom. The van der Waals surface area contributed by atoms with Crippen LogP contribution in [0.3, 0.4) is 0 Å². The third kappa shape index (κ3) is 3.52. The van der Waals surface area contributed by atoms with Crippen molar-refractivity contribution in [2.24, 2.45) is 0 Å². The number of carboxylic acid groups (broad SMARTS) is 1. The Balaban J connectivity index is 2.17. The molecule has 0 aliphatic carbocycles. The maximum Gasteiger partial charge on any atom is 0.338 e. The van der Waals surface area contributed by atoms with Crippen LogP contribution in [-0.2, 0) is 6.61 Å². The van der Waals surface area contributed by atoms with E-state index in [1.54, 1.807) is 12.1 Å². The molecule has 3 nitrogen and oxygen atoms in total. The summed E-state index contributed by atoms with van der Waals surface area (Å²) in [5.41, 5.74) is 2.02. The third-order valence-electron chi connectivity index (χ3n) is 3.08. The average Bonchev–Trinajstić information content (AvgIpc) is 2.43. The van der Waals surface area contributed by atoms with Crippen LogP contribution in [0, 0.1) is 19.7 Å². The van der Waals surface area contributed by atoms with Gasteiger partial charge in [-0.25, -0.2) is 9.18 Å². The highest BCUT2D eigenvalue weighted by molar-refractivity contribution is 6.32. The zero-order valence-electron chi connectivity index (χ0n) is 11.6. The summed E-state index contributed by atoms with van der Waals surface area (Å²) >= 11 is 6.08. The van der Waals surface area contributed by atoms with Crippen molar-refractivity contribution in [3.05, 3.63) is 63.4 Å². The lowest BCUT2D eigenvalue weighted by atomic mass is 10.1. The monoisotopic (exact) mass is 308 g/mol. The second-order valence-electron chi connectivity index (χ2n) is 4.78. The lowest BCUT2D eigenvalue weighted by Crippen LogP contribution is -2.03. The first-order valence-electron chi connectivity index (χ1n) is 6.29. The number of aromatic carboxylic acids is 1. The molecule has 21 heavy (non-hydrogen) atoms. The van der Waals surface area contributed by atoms with Gasteiger partial charge in [-0.1, -0.05) is 17.7 Å². The lowest BCUT2D eigenvalue weighted by Gasteiger charge is -2.10. The smallest absolute Gasteiger partial charge is 0.338 e. The topological polar surface area (TPSA) is 46.5 Å². The molecule has 0 amide bonds. The van der Waals surface area contributed by atoms with E-state index in [1.807, 2.05) is 13.8 Å². The predicted molar refractivity (Wildman–Crippen MR) is 78.6 cm³/mol. The number of ether oxygens (including phenoxy) is 1. The molecular weight excluding hydrogens is 295 g/mol. The number of carbonyl (C=O) groups is 1. The van der Waals surface area contributed by atoms with Crippen LogP contribution in [0.4, 0.5) is 4.39 Å². The molecule has 0 spiro atoms. The highest BCUT2D eigenvalue weighted by Crippen LogP contribution is 2.26. The zero-order valence-corrected chi connectivity index (χ0v) is 12.4. The van der Waals surface area contributed by atoms with Crippen molar-refractivity contribution >= 4 is 17.6 Å². The van der Waals surface area contributed by atoms with Crippen LogP contribution in [0.25, 0.3) is 0 Å². The molecular formula is C16H14ClFO3. The van der Waals surface area contributed by atoms with Gasteiger partial charge in [-0.2, -0.15) is 0 Å². The van der Waals surface area contributed by atoms with Crippen molar-refractivity contribution in [3.63, 3.8) is 0 Å². The number of halogens is 2. The van der Waals surface area contributed by atoms with Crippen molar-refractivity contribution in [2.75, 3.05) is 0 Å². The molecule has 0 fully saturated rings. The molecule has 0 atom stereocenters. The van der Waals surface area contributed by atoms with E-state index in [9.17, 15) is 9.18 Å². The first-order valence-corrected chi connectivity index (χ1v) is 6.67. The minimum atomic E-state index is -1.30. The molecule has 2 aromatic carbocycles. The molecule has 110 valence electrons. The van der Waals surface area contributed by atoms with Gasteiger partial charge in [0.05, 0.1) is 5.56 Å². The van der Waals surface area contributed by atoms with E-state index in [4.69, 9.17) is 21.4 Å². The Labute approximate surface area is 126 Å². The van der Waals surface area contributed by atoms with Gasteiger partial charge < -0.3 is 9.84 Å². The third-order valence-corrected chi connectivity index (χ3v) is 3.67. The van der Waals surface area contributed by atoms with Gasteiger partial charge in [0.25, 0.3) is 0 Å². The van der Waals surface area contributed by atoms with Crippen LogP contribution in [0.1, 0.15) is 27.0 Å². The second kappa shape index (κ2) is 6.14. The number of rotatable bonds is 4. The van der Waals surface area contributed by atoms with Gasteiger partial charge in [-0.05, 0) is 54.8 Å². The molecule has 2 aromatic rings. The summed E-state index contributed by atoms with van der Waals surface area (Å²) in [7, 11) is 0. The number of hydrogen-bond acceptors (Lipinski definition) is 2. The van der Waals surface area contributed by atoms with E-state index < -0.39 is 11.8 Å². The molecule has 0 radical (unpaired) electrons. The van der Waals surface area contributed by atoms with E-state index in [0.717, 1.165) is 17.2 Å². The Hall–Kier alpha value is -2.07. The van der Waals surface area contributed by atoms with E-state index >= 15 is 0 Å². The maximum atomic E-state index is 13.3. The van der Waals surface area contributed by atoms with Crippen LogP contribution < -0.4 is 4.74 Å². The molecule has 2 rings (SSSR count). The normalized spacial score (nSPS) is 10.5. The van der Waals surface area contributed by atoms with Crippen LogP contribution >= 0.6 is 11.6 Å². The first kappa shape index (κ1) is 15.3. The van der Waals surface area contributed by atoms with E-state index in [0.29, 0.717) is 16.3 Å². The molecule has 5 heteroatoms. The average molecular weight is 309 g/mol. The zero-order chi connectivity index (χ0) is 15.6. The standard InChI is InChI=1S/C16H14ClFO3/c1-9-5-12(6-10(2)15(9)17)21-8-11-3-4-14(18)13(7-11)16(19)20/h3-7H,8H2,1-2H3,(H,19,20). The number of carboxylic acids is 1. The molecule has 0 aliphatic heterocycles. The van der Waals surface area contributed by atoms with Crippen LogP contribution in [0.2, 0.25) is 5.02 Å². The van der Waals surface area contributed by atoms with Crippen molar-refractivity contribution in [1.82, 2.24) is 0 Å². The largest absolute Gasteiger partial charge is 0.489 e. The number of benzene rings is 2. The quantitative estimate of drug-likeness (QED) is 0.912. The number of aryl methyl sites for hydroxylation is 2. The summed E-state index contributed by atoms with van der Waals surface area (Å²) in [6.07, 6.45) is 0. The van der Waals surface area contributed by atoms with Crippen molar-refractivity contribution in [3.8, 4) is 5.75 Å². The first-order chi connectivity index (χ1) is 9.88. The van der Waals surface area contributed by atoms with Gasteiger partial charge in [0.15, 0.2) is 0 Å². The van der Waals surface area contributed by atoms with Crippen LogP contribution in [0.5, 0.6) is 5.75 Å². The fraction of sp³-hybridized carbons (Fsp3) is 0.188. The minimum absolute atomic E-state index is 0.154. The highest BCUT2D eigenvalue weighted by atomic mass is 35.5. The predicted octanol–water partition coefficient (Wildman–Crippen LogP) is 4.37. The summed E-state index contributed by atoms with van der Waals surface area (Å²) in [6, 6.07) is 7.50. The van der Waals surface area contributed by atoms with Gasteiger partial charge in [-0.15, -0.1) is 0 Å². The van der Waals surface area contributed by atoms with Crippen molar-refractivity contribution in [2.45, 2.75) is 20.5 Å². The van der Waals surface area contributed by atoms with Gasteiger partial charge in [-0.3, -0.25) is 0 Å². The molecule has 1 N–H and O–H groups in total. The summed E-state index contributed by atoms with van der Waals surface area (Å²) in [5, 5.41) is 9.58. The van der Waals surface area contributed by atoms with Gasteiger partial charge >= 0.3 is 5.97 Å². The fourth-order valence-corrected chi connectivity index (χ4v) is 2.09. The Morgan fingerprint density at radius 3 is 2.43 bits per heavy atom. The fourth-order valence-electron chi connectivity index (χ4n) is 1.98. The lowest BCUT2D eigenvalue weighted by molar-refractivity contribution is 0.0691. The second-order valence-corrected chi connectivity index (χ2v) is 5.16. The Morgan fingerprint density at radius 1 is 1.24 bits per heavy atom. The highest BCUT2D eigenvalue weighted by Gasteiger charge is 2.11. The minimum Gasteiger partial charge on any atom is -0.489 e. The maximum absolute atomic E-state index is 13.3. The van der Waals surface area contributed by atoms with Gasteiger partial charge in [0.1, 0.15) is 18.2 Å². The van der Waals surface area contributed by atoms with Gasteiger partial charge in [0.2, 0.25) is 0 Å². The molecule has 0 saturated carbocycles. The molecule has 0 saturated heterocycles. The molecule has 0 aliphatic rings. The Kier molecular flexibility index (Phi) is 4.48. The summed E-state index contributed by atoms with van der Waals surface area (Å²) < 4.78 is 18.9. The SMILES string of the molecule is Cc1cc(OCc2ccc(F)c(C(=O)O)c2)cc(C)c1Cl. The number of hydrogen-bond donors (Lipinski definition) is 1. The molecule has 0 aromatic heterocycles. The van der Waals surface area contributed by atoms with E-state index in [2.05, 4.69) is 0 Å². The molecule has 0 bridgehead atoms. The van der Waals surface area contributed by atoms with Crippen LogP contribution in [-0.4, -0.2) is 11.1 Å². The van der Waals surface area contributed by atoms with Gasteiger partial charge in [0, 0.05) is 5.02 Å². The molecule has 0 unspecified atom stereocenters. The summed E-state index contributed by atoms with van der Waals surface area (Å²) in [6.45, 7) is 3.91. The summed E-state index contributed by atoms with van der Waals surface area (Å²) in [4.78, 5) is 10.9. The van der Waals surface area contributed by atoms with E-state index in [1.165, 1.54) is 12.1 Å². The van der Waals surface area contributed by atoms with Crippen molar-refractivity contribution in [1.29, 1.82) is 0 Å². The van der Waals surface area contributed by atoms with E-state index in [-0.39, 0.29) is 12.2 Å². The van der Waals surface area contributed by atoms with Crippen LogP contribution in [0.15, 0.2) is 30.3 Å². The molecule has 0 heterocycles. The van der Waals surface area contributed by atoms with Crippen molar-refractivity contribution < 1.29 is 19.0 Å². The Bertz CT molecular complexity index is 675. The summed E-state index contributed by atoms with van der Waals surface area (Å²) in [5.74, 6) is -1.42.